The first-order chi connectivity index (χ1) is 16.1. The van der Waals surface area contributed by atoms with E-state index in [0.29, 0.717) is 11.8 Å². The van der Waals surface area contributed by atoms with Crippen molar-refractivity contribution >= 4 is 35.5 Å². The molecule has 6 rings (SSSR count). The molecule has 3 aliphatic rings. The number of fused-ring (bicyclic) bond motifs is 4. The molecule has 3 fully saturated rings. The second kappa shape index (κ2) is 10.3. The number of aliphatic hydroxyl groups excluding tert-OH is 1. The first kappa shape index (κ1) is 24.4. The summed E-state index contributed by atoms with van der Waals surface area (Å²) in [6, 6.07) is 14.2. The highest BCUT2D eigenvalue weighted by Crippen LogP contribution is 2.42. The summed E-state index contributed by atoms with van der Waals surface area (Å²) in [7, 11) is 1.64. The highest BCUT2D eigenvalue weighted by atomic mass is 35.5. The lowest BCUT2D eigenvalue weighted by atomic mass is 9.73. The fraction of sp³-hybridized carbons (Fsp3) is 0.321. The zero-order valence-corrected chi connectivity index (χ0v) is 20.0. The van der Waals surface area contributed by atoms with Gasteiger partial charge in [-0.25, -0.2) is 9.37 Å². The Balaban J connectivity index is 0.00000274. The number of ether oxygens (including phenoxy) is 1. The van der Waals surface area contributed by atoms with Crippen LogP contribution < -0.4 is 4.74 Å². The molecular formula is C28H30ClFN2O2. The zero-order valence-electron chi connectivity index (χ0n) is 19.2. The Bertz CT molecular complexity index is 1200. The molecule has 2 bridgehead atoms. The van der Waals surface area contributed by atoms with Crippen LogP contribution in [0.1, 0.15) is 35.8 Å². The van der Waals surface area contributed by atoms with Crippen LogP contribution in [0.2, 0.25) is 0 Å². The molecule has 0 amide bonds. The number of benzene rings is 2. The smallest absolute Gasteiger partial charge is 0.123 e. The van der Waals surface area contributed by atoms with Gasteiger partial charge in [0.2, 0.25) is 0 Å². The van der Waals surface area contributed by atoms with Gasteiger partial charge in [0.05, 0.1) is 24.4 Å². The van der Waals surface area contributed by atoms with E-state index in [-0.39, 0.29) is 24.3 Å². The predicted molar refractivity (Wildman–Crippen MR) is 138 cm³/mol. The average molecular weight is 481 g/mol. The van der Waals surface area contributed by atoms with E-state index in [0.717, 1.165) is 59.4 Å². The molecule has 4 nitrogen and oxygen atoms in total. The van der Waals surface area contributed by atoms with Crippen LogP contribution in [-0.2, 0) is 0 Å². The van der Waals surface area contributed by atoms with Crippen LogP contribution in [0.4, 0.5) is 4.39 Å². The van der Waals surface area contributed by atoms with E-state index >= 15 is 0 Å². The molecular weight excluding hydrogens is 451 g/mol. The quantitative estimate of drug-likeness (QED) is 0.446. The van der Waals surface area contributed by atoms with Crippen LogP contribution in [0, 0.1) is 17.7 Å². The number of hydrogen-bond donors (Lipinski definition) is 1. The van der Waals surface area contributed by atoms with Gasteiger partial charge in [0.25, 0.3) is 0 Å². The normalized spacial score (nSPS) is 24.7. The van der Waals surface area contributed by atoms with Crippen molar-refractivity contribution in [2.45, 2.75) is 25.0 Å². The van der Waals surface area contributed by atoms with Crippen LogP contribution in [-0.4, -0.2) is 41.2 Å². The third-order valence-corrected chi connectivity index (χ3v) is 7.22. The minimum atomic E-state index is -0.630. The summed E-state index contributed by atoms with van der Waals surface area (Å²) in [5.74, 6) is 1.56. The number of piperidine rings is 3. The third-order valence-electron chi connectivity index (χ3n) is 7.22. The van der Waals surface area contributed by atoms with Gasteiger partial charge in [0, 0.05) is 18.0 Å². The van der Waals surface area contributed by atoms with Crippen molar-refractivity contribution in [2.24, 2.45) is 11.8 Å². The standard InChI is InChI=1S/C28H29FN2O2.ClH/c1-3-19-17-31-13-12-20(19)14-27(31)28(32)25-15-22(9-6-18-4-7-21(29)8-5-18)30-26-11-10-23(33-2)16-24(25)26;/h3-11,15-16,19-20,27-28,32H,1,12-14,17H2,2H3;1H/b9-6+;/t19-,20-,27-,28+;/m0./s1. The lowest BCUT2D eigenvalue weighted by Crippen LogP contribution is -2.54. The molecule has 178 valence electrons. The summed E-state index contributed by atoms with van der Waals surface area (Å²) in [4.78, 5) is 7.20. The van der Waals surface area contributed by atoms with E-state index in [2.05, 4.69) is 17.6 Å². The second-order valence-corrected chi connectivity index (χ2v) is 9.10. The van der Waals surface area contributed by atoms with Crippen molar-refractivity contribution in [1.29, 1.82) is 0 Å². The van der Waals surface area contributed by atoms with Crippen molar-refractivity contribution in [1.82, 2.24) is 9.88 Å². The number of halogens is 2. The molecule has 3 aliphatic heterocycles. The maximum atomic E-state index is 13.2. The number of aliphatic hydroxyl groups is 1. The van der Waals surface area contributed by atoms with Gasteiger partial charge in [-0.3, -0.25) is 4.90 Å². The van der Waals surface area contributed by atoms with Gasteiger partial charge < -0.3 is 9.84 Å². The van der Waals surface area contributed by atoms with Gasteiger partial charge in [-0.05, 0) is 84.8 Å². The lowest BCUT2D eigenvalue weighted by molar-refractivity contribution is -0.0444. The highest BCUT2D eigenvalue weighted by molar-refractivity contribution is 5.86. The number of hydrogen-bond acceptors (Lipinski definition) is 4. The minimum Gasteiger partial charge on any atom is -0.497 e. The Morgan fingerprint density at radius 2 is 1.97 bits per heavy atom. The maximum Gasteiger partial charge on any atom is 0.123 e. The first-order valence-electron chi connectivity index (χ1n) is 11.5. The molecule has 0 radical (unpaired) electrons. The average Bonchev–Trinajstić information content (AvgIpc) is 2.87. The Morgan fingerprint density at radius 1 is 1.18 bits per heavy atom. The fourth-order valence-electron chi connectivity index (χ4n) is 5.38. The molecule has 0 saturated carbocycles. The minimum absolute atomic E-state index is 0. The molecule has 3 aromatic rings. The van der Waals surface area contributed by atoms with Crippen molar-refractivity contribution in [3.63, 3.8) is 0 Å². The number of pyridine rings is 1. The Labute approximate surface area is 206 Å². The van der Waals surface area contributed by atoms with E-state index < -0.39 is 6.10 Å². The van der Waals surface area contributed by atoms with Crippen LogP contribution >= 0.6 is 12.4 Å². The van der Waals surface area contributed by atoms with Gasteiger partial charge in [0.1, 0.15) is 11.6 Å². The van der Waals surface area contributed by atoms with E-state index in [4.69, 9.17) is 9.72 Å². The molecule has 1 N–H and O–H groups in total. The summed E-state index contributed by atoms with van der Waals surface area (Å²) < 4.78 is 18.7. The van der Waals surface area contributed by atoms with Gasteiger partial charge in [0.15, 0.2) is 0 Å². The third kappa shape index (κ3) is 4.74. The lowest BCUT2D eigenvalue weighted by Gasteiger charge is -2.50. The summed E-state index contributed by atoms with van der Waals surface area (Å²) in [6.07, 6.45) is 7.39. The summed E-state index contributed by atoms with van der Waals surface area (Å²) >= 11 is 0. The second-order valence-electron chi connectivity index (χ2n) is 9.10. The van der Waals surface area contributed by atoms with Gasteiger partial charge in [-0.1, -0.05) is 24.3 Å². The monoisotopic (exact) mass is 480 g/mol. The molecule has 34 heavy (non-hydrogen) atoms. The van der Waals surface area contributed by atoms with Crippen LogP contribution in [0.15, 0.2) is 61.2 Å². The van der Waals surface area contributed by atoms with Gasteiger partial charge in [-0.2, -0.15) is 0 Å². The number of methoxy groups -OCH3 is 1. The Morgan fingerprint density at radius 3 is 2.65 bits per heavy atom. The molecule has 4 heterocycles. The Kier molecular flexibility index (Phi) is 7.36. The molecule has 2 aromatic carbocycles. The Hall–Kier alpha value is -2.73. The molecule has 0 spiro atoms. The van der Waals surface area contributed by atoms with E-state index in [1.165, 1.54) is 12.1 Å². The molecule has 1 unspecified atom stereocenters. The SMILES string of the molecule is C=C[C@H]1CN2CC[C@H]1C[C@H]2[C@H](O)c1cc(/C=C/c2ccc(F)cc2)nc2ccc(OC)cc12.Cl. The van der Waals surface area contributed by atoms with Gasteiger partial charge in [-0.15, -0.1) is 19.0 Å². The summed E-state index contributed by atoms with van der Waals surface area (Å²) in [5.41, 5.74) is 3.32. The first-order valence-corrected chi connectivity index (χ1v) is 11.5. The van der Waals surface area contributed by atoms with Crippen LogP contribution in [0.5, 0.6) is 5.75 Å². The number of rotatable bonds is 6. The summed E-state index contributed by atoms with van der Waals surface area (Å²) in [5, 5.41) is 12.5. The van der Waals surface area contributed by atoms with Crippen molar-refractivity contribution in [2.75, 3.05) is 20.2 Å². The topological polar surface area (TPSA) is 45.6 Å². The molecule has 3 saturated heterocycles. The maximum absolute atomic E-state index is 13.2. The van der Waals surface area contributed by atoms with Crippen molar-refractivity contribution in [3.05, 3.63) is 83.8 Å². The van der Waals surface area contributed by atoms with Crippen LogP contribution in [0.25, 0.3) is 23.1 Å². The van der Waals surface area contributed by atoms with E-state index in [1.54, 1.807) is 19.2 Å². The van der Waals surface area contributed by atoms with Gasteiger partial charge >= 0.3 is 0 Å². The van der Waals surface area contributed by atoms with E-state index in [9.17, 15) is 9.50 Å². The largest absolute Gasteiger partial charge is 0.497 e. The molecule has 0 aliphatic carbocycles. The van der Waals surface area contributed by atoms with Crippen molar-refractivity contribution < 1.29 is 14.2 Å². The predicted octanol–water partition coefficient (Wildman–Crippen LogP) is 5.90. The molecule has 6 heteroatoms. The fourth-order valence-corrected chi connectivity index (χ4v) is 5.38. The highest BCUT2D eigenvalue weighted by Gasteiger charge is 2.42. The molecule has 5 atom stereocenters. The number of aromatic nitrogens is 1. The van der Waals surface area contributed by atoms with Crippen molar-refractivity contribution in [3.8, 4) is 5.75 Å². The van der Waals surface area contributed by atoms with E-state index in [1.807, 2.05) is 36.4 Å². The number of nitrogens with zero attached hydrogens (tertiary/aromatic N) is 2. The van der Waals surface area contributed by atoms with Crippen LogP contribution in [0.3, 0.4) is 0 Å². The molecule has 1 aromatic heterocycles. The zero-order chi connectivity index (χ0) is 22.9. The summed E-state index contributed by atoms with van der Waals surface area (Å²) in [6.45, 7) is 5.99.